The number of hydrogen-bond donors (Lipinski definition) is 0. The molecule has 6 nitrogen and oxygen atoms in total. The van der Waals surface area contributed by atoms with Crippen LogP contribution in [-0.2, 0) is 11.3 Å². The molecule has 1 aliphatic rings. The second-order valence-corrected chi connectivity index (χ2v) is 7.73. The molecule has 0 aliphatic carbocycles. The average Bonchev–Trinajstić information content (AvgIpc) is 3.08. The van der Waals surface area contributed by atoms with Crippen molar-refractivity contribution < 1.29 is 4.74 Å². The van der Waals surface area contributed by atoms with E-state index >= 15 is 0 Å². The van der Waals surface area contributed by atoms with Crippen LogP contribution in [-0.4, -0.2) is 51.7 Å². The molecule has 0 atom stereocenters. The summed E-state index contributed by atoms with van der Waals surface area (Å²) >= 11 is 3.53. The quantitative estimate of drug-likeness (QED) is 0.505. The molecular weight excluding hydrogens is 408 g/mol. The third-order valence-electron chi connectivity index (χ3n) is 5.22. The van der Waals surface area contributed by atoms with Crippen LogP contribution in [0.15, 0.2) is 51.9 Å². The van der Waals surface area contributed by atoms with Gasteiger partial charge in [-0.1, -0.05) is 22.0 Å². The Morgan fingerprint density at radius 1 is 1.07 bits per heavy atom. The van der Waals surface area contributed by atoms with Crippen molar-refractivity contribution in [3.8, 4) is 0 Å². The minimum Gasteiger partial charge on any atom is -0.379 e. The molecule has 0 saturated carbocycles. The number of fused-ring (bicyclic) bond motifs is 5. The SMILES string of the molecule is O=c1c2ccc(Br)cc2c2nc3ccccn3c2n1CCN1CCOCC1. The summed E-state index contributed by atoms with van der Waals surface area (Å²) in [7, 11) is 0. The first-order chi connectivity index (χ1) is 13.2. The van der Waals surface area contributed by atoms with Crippen LogP contribution in [0, 0.1) is 0 Å². The number of halogens is 1. The van der Waals surface area contributed by atoms with Crippen molar-refractivity contribution in [1.29, 1.82) is 0 Å². The van der Waals surface area contributed by atoms with Crippen molar-refractivity contribution in [3.63, 3.8) is 0 Å². The first kappa shape index (κ1) is 16.9. The van der Waals surface area contributed by atoms with Crippen LogP contribution in [0.2, 0.25) is 0 Å². The summed E-state index contributed by atoms with van der Waals surface area (Å²) < 4.78 is 10.3. The number of nitrogens with zero attached hydrogens (tertiary/aromatic N) is 4. The van der Waals surface area contributed by atoms with Crippen molar-refractivity contribution in [2.75, 3.05) is 32.8 Å². The van der Waals surface area contributed by atoms with Gasteiger partial charge in [0.15, 0.2) is 0 Å². The van der Waals surface area contributed by atoms with Gasteiger partial charge in [-0.05, 0) is 30.3 Å². The van der Waals surface area contributed by atoms with E-state index < -0.39 is 0 Å². The number of benzene rings is 1. The smallest absolute Gasteiger partial charge is 0.260 e. The summed E-state index contributed by atoms with van der Waals surface area (Å²) in [5.41, 5.74) is 2.59. The molecule has 138 valence electrons. The number of rotatable bonds is 3. The van der Waals surface area contributed by atoms with Crippen LogP contribution in [0.25, 0.3) is 27.6 Å². The number of hydrogen-bond acceptors (Lipinski definition) is 4. The molecule has 1 fully saturated rings. The normalized spacial score (nSPS) is 15.9. The minimum atomic E-state index is 0.0314. The molecule has 0 N–H and O–H groups in total. The van der Waals surface area contributed by atoms with E-state index in [0.717, 1.165) is 59.5 Å². The topological polar surface area (TPSA) is 51.8 Å². The van der Waals surface area contributed by atoms with E-state index in [4.69, 9.17) is 9.72 Å². The Morgan fingerprint density at radius 2 is 1.93 bits per heavy atom. The van der Waals surface area contributed by atoms with Crippen molar-refractivity contribution >= 4 is 43.5 Å². The predicted octanol–water partition coefficient (Wildman–Crippen LogP) is 2.90. The van der Waals surface area contributed by atoms with Crippen LogP contribution >= 0.6 is 15.9 Å². The Balaban J connectivity index is 1.75. The van der Waals surface area contributed by atoms with E-state index in [-0.39, 0.29) is 5.56 Å². The van der Waals surface area contributed by atoms with Gasteiger partial charge in [-0.25, -0.2) is 4.98 Å². The molecule has 1 aliphatic heterocycles. The van der Waals surface area contributed by atoms with E-state index in [1.807, 2.05) is 51.6 Å². The lowest BCUT2D eigenvalue weighted by Crippen LogP contribution is -2.39. The molecule has 0 spiro atoms. The molecule has 0 radical (unpaired) electrons. The third-order valence-corrected chi connectivity index (χ3v) is 5.71. The summed E-state index contributed by atoms with van der Waals surface area (Å²) in [6.07, 6.45) is 1.97. The van der Waals surface area contributed by atoms with Gasteiger partial charge in [0.2, 0.25) is 0 Å². The summed E-state index contributed by atoms with van der Waals surface area (Å²) in [4.78, 5) is 20.5. The highest BCUT2D eigenvalue weighted by Crippen LogP contribution is 2.26. The first-order valence-corrected chi connectivity index (χ1v) is 9.90. The molecule has 3 aromatic heterocycles. The molecule has 0 bridgehead atoms. The van der Waals surface area contributed by atoms with Gasteiger partial charge in [0.05, 0.1) is 13.2 Å². The molecule has 27 heavy (non-hydrogen) atoms. The van der Waals surface area contributed by atoms with Gasteiger partial charge in [0.1, 0.15) is 16.8 Å². The monoisotopic (exact) mass is 426 g/mol. The van der Waals surface area contributed by atoms with Crippen molar-refractivity contribution in [2.24, 2.45) is 0 Å². The predicted molar refractivity (Wildman–Crippen MR) is 109 cm³/mol. The van der Waals surface area contributed by atoms with Crippen LogP contribution in [0.3, 0.4) is 0 Å². The van der Waals surface area contributed by atoms with Gasteiger partial charge in [-0.3, -0.25) is 18.7 Å². The van der Waals surface area contributed by atoms with Crippen LogP contribution in [0.4, 0.5) is 0 Å². The van der Waals surface area contributed by atoms with Crippen molar-refractivity contribution in [1.82, 2.24) is 18.9 Å². The molecule has 0 amide bonds. The molecule has 5 rings (SSSR count). The second-order valence-electron chi connectivity index (χ2n) is 6.81. The molecule has 7 heteroatoms. The van der Waals surface area contributed by atoms with Gasteiger partial charge in [-0.2, -0.15) is 0 Å². The Morgan fingerprint density at radius 3 is 2.78 bits per heavy atom. The van der Waals surface area contributed by atoms with Crippen LogP contribution < -0.4 is 5.56 Å². The lowest BCUT2D eigenvalue weighted by molar-refractivity contribution is 0.0364. The maximum absolute atomic E-state index is 13.3. The van der Waals surface area contributed by atoms with Gasteiger partial charge in [0.25, 0.3) is 5.56 Å². The first-order valence-electron chi connectivity index (χ1n) is 9.11. The lowest BCUT2D eigenvalue weighted by Gasteiger charge is -2.26. The fourth-order valence-corrected chi connectivity index (χ4v) is 4.20. The number of morpholine rings is 1. The highest BCUT2D eigenvalue weighted by molar-refractivity contribution is 9.10. The lowest BCUT2D eigenvalue weighted by atomic mass is 10.1. The minimum absolute atomic E-state index is 0.0314. The van der Waals surface area contributed by atoms with E-state index in [0.29, 0.717) is 11.9 Å². The summed E-state index contributed by atoms with van der Waals surface area (Å²) in [5, 5.41) is 1.59. The van der Waals surface area contributed by atoms with Crippen molar-refractivity contribution in [2.45, 2.75) is 6.54 Å². The molecule has 4 heterocycles. The Bertz CT molecular complexity index is 1210. The molecule has 1 saturated heterocycles. The zero-order valence-electron chi connectivity index (χ0n) is 14.8. The van der Waals surface area contributed by atoms with Gasteiger partial charge >= 0.3 is 0 Å². The third kappa shape index (κ3) is 2.86. The van der Waals surface area contributed by atoms with E-state index in [2.05, 4.69) is 20.8 Å². The Hall–Kier alpha value is -2.22. The van der Waals surface area contributed by atoms with Crippen molar-refractivity contribution in [3.05, 3.63) is 57.4 Å². The molecule has 0 unspecified atom stereocenters. The summed E-state index contributed by atoms with van der Waals surface area (Å²) in [6, 6.07) is 11.7. The number of pyridine rings is 2. The molecule has 4 aromatic rings. The second kappa shape index (κ2) is 6.74. The Labute approximate surface area is 164 Å². The van der Waals surface area contributed by atoms with Gasteiger partial charge < -0.3 is 4.74 Å². The maximum atomic E-state index is 13.3. The zero-order chi connectivity index (χ0) is 18.4. The number of aromatic nitrogens is 3. The van der Waals surface area contributed by atoms with Gasteiger partial charge in [-0.15, -0.1) is 0 Å². The van der Waals surface area contributed by atoms with Gasteiger partial charge in [0, 0.05) is 47.6 Å². The largest absolute Gasteiger partial charge is 0.379 e. The highest BCUT2D eigenvalue weighted by Gasteiger charge is 2.18. The zero-order valence-corrected chi connectivity index (χ0v) is 16.4. The standard InChI is InChI=1S/C20H19BrN4O2/c21-14-4-5-15-16(13-14)18-19(24-6-2-1-3-17(24)22-18)25(20(15)26)8-7-23-9-11-27-12-10-23/h1-6,13H,7-12H2. The number of ether oxygens (including phenoxy) is 1. The fraction of sp³-hybridized carbons (Fsp3) is 0.300. The number of imidazole rings is 1. The fourth-order valence-electron chi connectivity index (χ4n) is 3.84. The van der Waals surface area contributed by atoms with E-state index in [1.165, 1.54) is 0 Å². The molecular formula is C20H19BrN4O2. The van der Waals surface area contributed by atoms with Crippen LogP contribution in [0.1, 0.15) is 0 Å². The van der Waals surface area contributed by atoms with E-state index in [1.54, 1.807) is 0 Å². The van der Waals surface area contributed by atoms with E-state index in [9.17, 15) is 4.79 Å². The summed E-state index contributed by atoms with van der Waals surface area (Å²) in [5.74, 6) is 0. The highest BCUT2D eigenvalue weighted by atomic mass is 79.9. The summed E-state index contributed by atoms with van der Waals surface area (Å²) in [6.45, 7) is 4.78. The molecule has 1 aromatic carbocycles. The maximum Gasteiger partial charge on any atom is 0.260 e. The Kier molecular flexibility index (Phi) is 4.22. The van der Waals surface area contributed by atoms with Crippen LogP contribution in [0.5, 0.6) is 0 Å². The average molecular weight is 427 g/mol.